The van der Waals surface area contributed by atoms with E-state index in [2.05, 4.69) is 15.4 Å². The number of rotatable bonds is 3. The van der Waals surface area contributed by atoms with Crippen LogP contribution in [0.25, 0.3) is 11.3 Å². The summed E-state index contributed by atoms with van der Waals surface area (Å²) in [6.45, 7) is 0. The maximum absolute atomic E-state index is 13.1. The van der Waals surface area contributed by atoms with Crippen molar-refractivity contribution in [2.24, 2.45) is 0 Å². The van der Waals surface area contributed by atoms with Crippen molar-refractivity contribution in [2.75, 3.05) is 0 Å². The lowest BCUT2D eigenvalue weighted by Gasteiger charge is -2.12. The second-order valence-corrected chi connectivity index (χ2v) is 4.79. The van der Waals surface area contributed by atoms with Crippen LogP contribution in [0, 0.1) is 11.3 Å². The van der Waals surface area contributed by atoms with Crippen molar-refractivity contribution in [3.63, 3.8) is 0 Å². The van der Waals surface area contributed by atoms with Gasteiger partial charge in [-0.3, -0.25) is 0 Å². The summed E-state index contributed by atoms with van der Waals surface area (Å²) in [5, 5.41) is 18.6. The first-order valence-electron chi connectivity index (χ1n) is 6.74. The highest BCUT2D eigenvalue weighted by molar-refractivity contribution is 5.67. The summed E-state index contributed by atoms with van der Waals surface area (Å²) in [4.78, 5) is 0. The number of para-hydroxylation sites is 1. The summed E-state index contributed by atoms with van der Waals surface area (Å²) in [5.41, 5.74) is -0.889. The van der Waals surface area contributed by atoms with Crippen molar-refractivity contribution >= 4 is 0 Å². The molecule has 1 aromatic heterocycles. The van der Waals surface area contributed by atoms with Crippen LogP contribution in [0.15, 0.2) is 48.5 Å². The molecule has 1 N–H and O–H groups in total. The summed E-state index contributed by atoms with van der Waals surface area (Å²) in [6.07, 6.45) is -4.57. The predicted molar refractivity (Wildman–Crippen MR) is 78.1 cm³/mol. The molecule has 0 saturated heterocycles. The Morgan fingerprint density at radius 1 is 1.00 bits per heavy atom. The van der Waals surface area contributed by atoms with Gasteiger partial charge in [0.15, 0.2) is 5.69 Å². The number of nitrogens with zero attached hydrogens (tertiary/aromatic N) is 3. The molecule has 5 nitrogen and oxygen atoms in total. The summed E-state index contributed by atoms with van der Waals surface area (Å²) < 4.78 is 44.9. The molecule has 24 heavy (non-hydrogen) atoms. The van der Waals surface area contributed by atoms with Crippen molar-refractivity contribution in [1.29, 1.82) is 5.26 Å². The van der Waals surface area contributed by atoms with Gasteiger partial charge in [0.2, 0.25) is 0 Å². The largest absolute Gasteiger partial charge is 0.457 e. The number of alkyl halides is 3. The van der Waals surface area contributed by atoms with E-state index in [1.165, 1.54) is 6.07 Å². The minimum Gasteiger partial charge on any atom is -0.457 e. The Morgan fingerprint density at radius 2 is 1.75 bits per heavy atom. The van der Waals surface area contributed by atoms with Gasteiger partial charge in [-0.2, -0.15) is 28.7 Å². The maximum atomic E-state index is 13.1. The van der Waals surface area contributed by atoms with Gasteiger partial charge < -0.3 is 4.74 Å². The molecule has 1 heterocycles. The molecule has 0 fully saturated rings. The van der Waals surface area contributed by atoms with Gasteiger partial charge in [0.25, 0.3) is 0 Å². The average Bonchev–Trinajstić information content (AvgIpc) is 3.03. The van der Waals surface area contributed by atoms with E-state index in [1.54, 1.807) is 36.4 Å². The van der Waals surface area contributed by atoms with Crippen molar-refractivity contribution in [2.45, 2.75) is 6.18 Å². The Kier molecular flexibility index (Phi) is 3.92. The third-order valence-corrected chi connectivity index (χ3v) is 3.14. The average molecular weight is 330 g/mol. The lowest BCUT2D eigenvalue weighted by molar-refractivity contribution is -0.137. The van der Waals surface area contributed by atoms with Crippen LogP contribution < -0.4 is 4.74 Å². The van der Waals surface area contributed by atoms with E-state index in [1.807, 2.05) is 0 Å². The Balaban J connectivity index is 2.09. The minimum absolute atomic E-state index is 0.0158. The minimum atomic E-state index is -4.57. The Labute approximate surface area is 134 Å². The first-order valence-corrected chi connectivity index (χ1v) is 6.74. The van der Waals surface area contributed by atoms with E-state index in [0.717, 1.165) is 12.1 Å². The van der Waals surface area contributed by atoms with E-state index in [9.17, 15) is 13.2 Å². The van der Waals surface area contributed by atoms with Gasteiger partial charge in [-0.15, -0.1) is 5.10 Å². The number of ether oxygens (including phenoxy) is 1. The van der Waals surface area contributed by atoms with Gasteiger partial charge in [0.05, 0.1) is 5.56 Å². The lowest BCUT2D eigenvalue weighted by atomic mass is 10.1. The molecule has 0 saturated carbocycles. The summed E-state index contributed by atoms with van der Waals surface area (Å²) >= 11 is 0. The molecule has 0 unspecified atom stereocenters. The van der Waals surface area contributed by atoms with Crippen LogP contribution in [0.5, 0.6) is 11.5 Å². The van der Waals surface area contributed by atoms with E-state index < -0.39 is 11.7 Å². The van der Waals surface area contributed by atoms with E-state index >= 15 is 0 Å². The number of aromatic nitrogens is 3. The number of H-pyrrole nitrogens is 1. The fraction of sp³-hybridized carbons (Fsp3) is 0.0625. The Morgan fingerprint density at radius 3 is 2.42 bits per heavy atom. The predicted octanol–water partition coefficient (Wildman–Crippen LogP) is 4.15. The van der Waals surface area contributed by atoms with Gasteiger partial charge in [-0.05, 0) is 30.3 Å². The van der Waals surface area contributed by atoms with Gasteiger partial charge in [-0.25, -0.2) is 0 Å². The Bertz CT molecular complexity index is 898. The van der Waals surface area contributed by atoms with Crippen molar-refractivity contribution in [3.8, 4) is 28.8 Å². The number of hydrogen-bond donors (Lipinski definition) is 1. The Hall–Kier alpha value is -3.34. The van der Waals surface area contributed by atoms with Crippen LogP contribution in [0.2, 0.25) is 0 Å². The molecule has 0 aliphatic heterocycles. The summed E-state index contributed by atoms with van der Waals surface area (Å²) in [7, 11) is 0. The SMILES string of the molecule is N#Cc1n[nH]nc1-c1cc(Oc2ccccc2)cc(C(F)(F)F)c1. The molecule has 0 aliphatic carbocycles. The van der Waals surface area contributed by atoms with E-state index in [-0.39, 0.29) is 22.7 Å². The molecule has 120 valence electrons. The first-order chi connectivity index (χ1) is 11.5. The fourth-order valence-electron chi connectivity index (χ4n) is 2.09. The monoisotopic (exact) mass is 330 g/mol. The highest BCUT2D eigenvalue weighted by atomic mass is 19.4. The highest BCUT2D eigenvalue weighted by Crippen LogP contribution is 2.36. The van der Waals surface area contributed by atoms with Crippen molar-refractivity contribution in [1.82, 2.24) is 15.4 Å². The summed E-state index contributed by atoms with van der Waals surface area (Å²) in [5.74, 6) is 0.376. The second kappa shape index (κ2) is 6.04. The molecule has 0 bridgehead atoms. The van der Waals surface area contributed by atoms with E-state index in [0.29, 0.717) is 5.75 Å². The van der Waals surface area contributed by atoms with Crippen LogP contribution in [0.3, 0.4) is 0 Å². The van der Waals surface area contributed by atoms with Crippen LogP contribution >= 0.6 is 0 Å². The topological polar surface area (TPSA) is 74.6 Å². The van der Waals surface area contributed by atoms with Crippen LogP contribution in [-0.4, -0.2) is 15.4 Å². The zero-order valence-corrected chi connectivity index (χ0v) is 12.0. The maximum Gasteiger partial charge on any atom is 0.416 e. The molecule has 0 atom stereocenters. The van der Waals surface area contributed by atoms with Crippen LogP contribution in [0.4, 0.5) is 13.2 Å². The number of nitriles is 1. The molecule has 2 aromatic carbocycles. The number of aromatic amines is 1. The lowest BCUT2D eigenvalue weighted by Crippen LogP contribution is -2.05. The molecule has 0 spiro atoms. The third kappa shape index (κ3) is 3.20. The molecule has 0 aliphatic rings. The number of hydrogen-bond acceptors (Lipinski definition) is 4. The number of halogens is 3. The second-order valence-electron chi connectivity index (χ2n) is 4.79. The summed E-state index contributed by atoms with van der Waals surface area (Å²) in [6, 6.07) is 13.4. The zero-order valence-electron chi connectivity index (χ0n) is 12.0. The molecule has 3 aromatic rings. The van der Waals surface area contributed by atoms with Crippen LogP contribution in [0.1, 0.15) is 11.3 Å². The van der Waals surface area contributed by atoms with Gasteiger partial charge in [0, 0.05) is 5.56 Å². The zero-order chi connectivity index (χ0) is 17.2. The standard InChI is InChI=1S/C16H9F3N4O/c17-16(18,19)11-6-10(15-14(9-20)21-23-22-15)7-13(8-11)24-12-4-2-1-3-5-12/h1-8H,(H,21,22,23). The fourth-order valence-corrected chi connectivity index (χ4v) is 2.09. The van der Waals surface area contributed by atoms with Crippen LogP contribution in [-0.2, 0) is 6.18 Å². The smallest absolute Gasteiger partial charge is 0.416 e. The molecule has 0 amide bonds. The quantitative estimate of drug-likeness (QED) is 0.782. The normalized spacial score (nSPS) is 11.1. The molecule has 8 heteroatoms. The van der Waals surface area contributed by atoms with E-state index in [4.69, 9.17) is 10.00 Å². The third-order valence-electron chi connectivity index (χ3n) is 3.14. The number of nitrogens with one attached hydrogen (secondary N) is 1. The number of benzene rings is 2. The molecular formula is C16H9F3N4O. The van der Waals surface area contributed by atoms with Crippen molar-refractivity contribution < 1.29 is 17.9 Å². The highest BCUT2D eigenvalue weighted by Gasteiger charge is 2.32. The first kappa shape index (κ1) is 15.6. The van der Waals surface area contributed by atoms with Gasteiger partial charge in [-0.1, -0.05) is 18.2 Å². The molecule has 0 radical (unpaired) electrons. The molecule has 3 rings (SSSR count). The van der Waals surface area contributed by atoms with Crippen molar-refractivity contribution in [3.05, 3.63) is 59.8 Å². The molecular weight excluding hydrogens is 321 g/mol. The van der Waals surface area contributed by atoms with Gasteiger partial charge >= 0.3 is 6.18 Å². The van der Waals surface area contributed by atoms with Gasteiger partial charge in [0.1, 0.15) is 23.3 Å².